The second-order valence-electron chi connectivity index (χ2n) is 7.20. The summed E-state index contributed by atoms with van der Waals surface area (Å²) in [6, 6.07) is 8.65. The van der Waals surface area contributed by atoms with E-state index in [9.17, 15) is 0 Å². The van der Waals surface area contributed by atoms with E-state index in [-0.39, 0.29) is 0 Å². The summed E-state index contributed by atoms with van der Waals surface area (Å²) in [5.74, 6) is 1.85. The van der Waals surface area contributed by atoms with Gasteiger partial charge in [-0.2, -0.15) is 0 Å². The molecule has 0 aliphatic heterocycles. The van der Waals surface area contributed by atoms with E-state index in [0.29, 0.717) is 0 Å². The van der Waals surface area contributed by atoms with E-state index in [1.54, 1.807) is 0 Å². The van der Waals surface area contributed by atoms with Crippen molar-refractivity contribution in [3.63, 3.8) is 0 Å². The molecule has 26 heavy (non-hydrogen) atoms. The zero-order chi connectivity index (χ0) is 18.0. The van der Waals surface area contributed by atoms with Crippen molar-refractivity contribution in [1.82, 2.24) is 20.2 Å². The maximum Gasteiger partial charge on any atom is 0.191 e. The number of hydrogen-bond donors (Lipinski definition) is 2. The van der Waals surface area contributed by atoms with Gasteiger partial charge in [-0.1, -0.05) is 49.9 Å². The van der Waals surface area contributed by atoms with Crippen LogP contribution in [0.2, 0.25) is 0 Å². The van der Waals surface area contributed by atoms with Gasteiger partial charge in [0.1, 0.15) is 0 Å². The third-order valence-electron chi connectivity index (χ3n) is 5.16. The Balaban J connectivity index is 1.40. The second-order valence-corrected chi connectivity index (χ2v) is 7.20. The van der Waals surface area contributed by atoms with Crippen LogP contribution in [-0.4, -0.2) is 29.1 Å². The maximum absolute atomic E-state index is 4.34. The van der Waals surface area contributed by atoms with E-state index in [0.717, 1.165) is 31.5 Å². The predicted molar refractivity (Wildman–Crippen MR) is 107 cm³/mol. The summed E-state index contributed by atoms with van der Waals surface area (Å²) in [6.45, 7) is 2.62. The van der Waals surface area contributed by atoms with Crippen molar-refractivity contribution in [1.29, 1.82) is 0 Å². The molecule has 2 N–H and O–H groups in total. The molecule has 140 valence electrons. The van der Waals surface area contributed by atoms with Gasteiger partial charge in [0.2, 0.25) is 0 Å². The van der Waals surface area contributed by atoms with Crippen molar-refractivity contribution >= 4 is 5.96 Å². The number of aliphatic imine (C=N–C) groups is 1. The summed E-state index contributed by atoms with van der Waals surface area (Å²) in [5.41, 5.74) is 2.54. The molecule has 5 heteroatoms. The normalized spacial score (nSPS) is 15.3. The largest absolute Gasteiger partial charge is 0.356 e. The van der Waals surface area contributed by atoms with E-state index in [4.69, 9.17) is 0 Å². The Labute approximate surface area is 156 Å². The van der Waals surface area contributed by atoms with Crippen LogP contribution in [0.25, 0.3) is 0 Å². The highest BCUT2D eigenvalue weighted by molar-refractivity contribution is 5.79. The smallest absolute Gasteiger partial charge is 0.191 e. The monoisotopic (exact) mass is 353 g/mol. The predicted octanol–water partition coefficient (Wildman–Crippen LogP) is 3.57. The van der Waals surface area contributed by atoms with Gasteiger partial charge in [-0.05, 0) is 29.9 Å². The van der Waals surface area contributed by atoms with Crippen molar-refractivity contribution < 1.29 is 0 Å². The molecule has 0 spiro atoms. The van der Waals surface area contributed by atoms with Crippen LogP contribution in [0, 0.1) is 5.92 Å². The molecule has 0 atom stereocenters. The Morgan fingerprint density at radius 1 is 1.23 bits per heavy atom. The number of nitrogens with one attached hydrogen (secondary N) is 2. The molecule has 1 heterocycles. The molecule has 1 aliphatic rings. The van der Waals surface area contributed by atoms with Crippen molar-refractivity contribution in [3.05, 3.63) is 54.1 Å². The quantitative estimate of drug-likeness (QED) is 0.433. The number of benzene rings is 1. The fraction of sp³-hybridized carbons (Fsp3) is 0.524. The lowest BCUT2D eigenvalue weighted by atomic mass is 10.0. The number of guanidine groups is 1. The summed E-state index contributed by atoms with van der Waals surface area (Å²) in [6.07, 6.45) is 14.0. The number of hydrogen-bond acceptors (Lipinski definition) is 2. The minimum Gasteiger partial charge on any atom is -0.356 e. The molecular formula is C21H31N5. The fourth-order valence-electron chi connectivity index (χ4n) is 3.73. The van der Waals surface area contributed by atoms with Gasteiger partial charge in [-0.15, -0.1) is 0 Å². The number of imidazole rings is 1. The molecule has 5 nitrogen and oxygen atoms in total. The molecule has 1 aromatic heterocycles. The molecule has 0 bridgehead atoms. The zero-order valence-corrected chi connectivity index (χ0v) is 15.8. The highest BCUT2D eigenvalue weighted by Crippen LogP contribution is 2.28. The Bertz CT molecular complexity index is 671. The zero-order valence-electron chi connectivity index (χ0n) is 15.8. The van der Waals surface area contributed by atoms with Gasteiger partial charge in [-0.3, -0.25) is 4.99 Å². The average molecular weight is 354 g/mol. The molecule has 1 aromatic carbocycles. The van der Waals surface area contributed by atoms with Crippen molar-refractivity contribution in [3.8, 4) is 0 Å². The Kier molecular flexibility index (Phi) is 7.11. The standard InChI is InChI=1S/C21H31N5/c1-22-21(24-11-5-10-18-6-2-3-7-18)25-15-19-8-4-9-20(14-19)16-26-13-12-23-17-26/h4,8-9,12-14,17-18H,2-3,5-7,10-11,15-16H2,1H3,(H2,22,24,25). The average Bonchev–Trinajstić information content (AvgIpc) is 3.35. The first-order chi connectivity index (χ1) is 12.8. The fourth-order valence-corrected chi connectivity index (χ4v) is 3.73. The van der Waals surface area contributed by atoms with E-state index in [1.807, 2.05) is 25.8 Å². The third-order valence-corrected chi connectivity index (χ3v) is 5.16. The van der Waals surface area contributed by atoms with Crippen molar-refractivity contribution in [2.75, 3.05) is 13.6 Å². The Morgan fingerprint density at radius 3 is 2.85 bits per heavy atom. The number of aromatic nitrogens is 2. The van der Waals surface area contributed by atoms with Crippen LogP contribution in [0.4, 0.5) is 0 Å². The first-order valence-corrected chi connectivity index (χ1v) is 9.81. The van der Waals surface area contributed by atoms with Gasteiger partial charge in [0.15, 0.2) is 5.96 Å². The second kappa shape index (κ2) is 10.00. The lowest BCUT2D eigenvalue weighted by molar-refractivity contribution is 0.481. The first kappa shape index (κ1) is 18.5. The highest BCUT2D eigenvalue weighted by atomic mass is 15.2. The van der Waals surface area contributed by atoms with Gasteiger partial charge in [0.25, 0.3) is 0 Å². The summed E-state index contributed by atoms with van der Waals surface area (Å²) < 4.78 is 2.08. The molecule has 2 aromatic rings. The van der Waals surface area contributed by atoms with Gasteiger partial charge in [0.05, 0.1) is 6.33 Å². The first-order valence-electron chi connectivity index (χ1n) is 9.81. The van der Waals surface area contributed by atoms with Crippen LogP contribution in [0.1, 0.15) is 49.7 Å². The summed E-state index contributed by atoms with van der Waals surface area (Å²) >= 11 is 0. The number of rotatable bonds is 8. The van der Waals surface area contributed by atoms with Crippen LogP contribution in [0.5, 0.6) is 0 Å². The minimum absolute atomic E-state index is 0.778. The van der Waals surface area contributed by atoms with E-state index >= 15 is 0 Å². The SMILES string of the molecule is CN=C(NCCCC1CCCC1)NCc1cccc(Cn2ccnc2)c1. The number of nitrogens with zero attached hydrogens (tertiary/aromatic N) is 3. The van der Waals surface area contributed by atoms with Crippen molar-refractivity contribution in [2.24, 2.45) is 10.9 Å². The van der Waals surface area contributed by atoms with Gasteiger partial charge >= 0.3 is 0 Å². The van der Waals surface area contributed by atoms with Crippen LogP contribution in [0.15, 0.2) is 48.0 Å². The lowest BCUT2D eigenvalue weighted by Gasteiger charge is -2.14. The van der Waals surface area contributed by atoms with Crippen LogP contribution in [-0.2, 0) is 13.1 Å². The lowest BCUT2D eigenvalue weighted by Crippen LogP contribution is -2.37. The minimum atomic E-state index is 0.778. The molecule has 3 rings (SSSR count). The molecule has 0 radical (unpaired) electrons. The Morgan fingerprint density at radius 2 is 2.08 bits per heavy atom. The molecule has 1 saturated carbocycles. The summed E-state index contributed by atoms with van der Waals surface area (Å²) in [5, 5.41) is 6.86. The van der Waals surface area contributed by atoms with Crippen LogP contribution in [0.3, 0.4) is 0 Å². The molecule has 1 fully saturated rings. The highest BCUT2D eigenvalue weighted by Gasteiger charge is 2.13. The molecule has 0 unspecified atom stereocenters. The van der Waals surface area contributed by atoms with Crippen molar-refractivity contribution in [2.45, 2.75) is 51.6 Å². The molecule has 0 saturated heterocycles. The van der Waals surface area contributed by atoms with Gasteiger partial charge in [0, 0.05) is 39.1 Å². The third kappa shape index (κ3) is 5.90. The maximum atomic E-state index is 4.34. The van der Waals surface area contributed by atoms with Gasteiger partial charge in [-0.25, -0.2) is 4.98 Å². The van der Waals surface area contributed by atoms with E-state index < -0.39 is 0 Å². The van der Waals surface area contributed by atoms with Crippen LogP contribution >= 0.6 is 0 Å². The molecule has 1 aliphatic carbocycles. The van der Waals surface area contributed by atoms with Crippen LogP contribution < -0.4 is 10.6 Å². The molecule has 0 amide bonds. The van der Waals surface area contributed by atoms with E-state index in [1.165, 1.54) is 49.7 Å². The topological polar surface area (TPSA) is 54.2 Å². The Hall–Kier alpha value is -2.30. The summed E-state index contributed by atoms with van der Waals surface area (Å²) in [7, 11) is 1.84. The molecular weight excluding hydrogens is 322 g/mol. The van der Waals surface area contributed by atoms with Gasteiger partial charge < -0.3 is 15.2 Å². The van der Waals surface area contributed by atoms with E-state index in [2.05, 4.69) is 49.4 Å². The summed E-state index contributed by atoms with van der Waals surface area (Å²) in [4.78, 5) is 8.44.